The van der Waals surface area contributed by atoms with Crippen molar-refractivity contribution in [3.63, 3.8) is 0 Å². The summed E-state index contributed by atoms with van der Waals surface area (Å²) >= 11 is 0. The maximum Gasteiger partial charge on any atom is 0.422 e. The number of ether oxygens (including phenoxy) is 3. The summed E-state index contributed by atoms with van der Waals surface area (Å²) in [6.07, 6.45) is 1.03. The first-order valence-electron chi connectivity index (χ1n) is 10.8. The van der Waals surface area contributed by atoms with Crippen LogP contribution in [0.3, 0.4) is 0 Å². The highest BCUT2D eigenvalue weighted by Gasteiger charge is 2.29. The smallest absolute Gasteiger partial charge is 0.422 e. The second-order valence-corrected chi connectivity index (χ2v) is 7.92. The Kier molecular flexibility index (Phi) is 6.79. The van der Waals surface area contributed by atoms with Crippen molar-refractivity contribution in [2.75, 3.05) is 26.1 Å². The van der Waals surface area contributed by atoms with Crippen LogP contribution in [0.15, 0.2) is 42.9 Å². The molecule has 11 heteroatoms. The molecule has 0 aliphatic heterocycles. The third kappa shape index (κ3) is 5.46. The van der Waals surface area contributed by atoms with Crippen LogP contribution in [-0.4, -0.2) is 47.5 Å². The molecular weight excluding hydrogens is 463 g/mol. The van der Waals surface area contributed by atoms with Crippen LogP contribution in [0.5, 0.6) is 17.2 Å². The van der Waals surface area contributed by atoms with Crippen LogP contribution < -0.4 is 25.7 Å². The second-order valence-electron chi connectivity index (χ2n) is 7.92. The molecule has 0 amide bonds. The van der Waals surface area contributed by atoms with Crippen molar-refractivity contribution in [2.24, 2.45) is 5.73 Å². The van der Waals surface area contributed by atoms with Crippen LogP contribution in [0.1, 0.15) is 13.3 Å². The topological polar surface area (TPSA) is 118 Å². The molecule has 0 spiro atoms. The Morgan fingerprint density at radius 2 is 1.77 bits per heavy atom. The molecule has 0 radical (unpaired) electrons. The zero-order chi connectivity index (χ0) is 25.2. The molecule has 4 aromatic rings. The van der Waals surface area contributed by atoms with E-state index in [1.54, 1.807) is 24.5 Å². The van der Waals surface area contributed by atoms with Crippen molar-refractivity contribution in [1.82, 2.24) is 15.0 Å². The first kappa shape index (κ1) is 24.3. The maximum absolute atomic E-state index is 12.7. The monoisotopic (exact) mass is 487 g/mol. The van der Waals surface area contributed by atoms with Gasteiger partial charge in [-0.05, 0) is 30.0 Å². The van der Waals surface area contributed by atoms with Crippen molar-refractivity contribution in [1.29, 1.82) is 0 Å². The molecule has 0 saturated heterocycles. The molecule has 0 unspecified atom stereocenters. The number of fused-ring (bicyclic) bond motifs is 3. The van der Waals surface area contributed by atoms with Crippen molar-refractivity contribution in [2.45, 2.75) is 25.6 Å². The van der Waals surface area contributed by atoms with Crippen molar-refractivity contribution >= 4 is 27.5 Å². The minimum atomic E-state index is -4.49. The van der Waals surface area contributed by atoms with Gasteiger partial charge in [-0.1, -0.05) is 6.92 Å². The summed E-state index contributed by atoms with van der Waals surface area (Å²) in [6, 6.07) is 6.48. The number of anilines is 1. The van der Waals surface area contributed by atoms with E-state index < -0.39 is 12.8 Å². The van der Waals surface area contributed by atoms with Crippen LogP contribution in [0.4, 0.5) is 19.0 Å². The molecule has 184 valence electrons. The molecule has 0 aliphatic rings. The Balaban J connectivity index is 1.78. The van der Waals surface area contributed by atoms with Gasteiger partial charge in [0, 0.05) is 40.8 Å². The summed E-state index contributed by atoms with van der Waals surface area (Å²) in [7, 11) is 1.35. The fourth-order valence-corrected chi connectivity index (χ4v) is 3.48. The van der Waals surface area contributed by atoms with Crippen LogP contribution >= 0.6 is 0 Å². The van der Waals surface area contributed by atoms with Gasteiger partial charge < -0.3 is 25.7 Å². The summed E-state index contributed by atoms with van der Waals surface area (Å²) in [5.41, 5.74) is 13.8. The van der Waals surface area contributed by atoms with E-state index >= 15 is 0 Å². The lowest BCUT2D eigenvalue weighted by Gasteiger charge is -2.15. The molecule has 4 rings (SSSR count). The highest BCUT2D eigenvalue weighted by atomic mass is 19.4. The van der Waals surface area contributed by atoms with E-state index in [1.165, 1.54) is 19.4 Å². The Morgan fingerprint density at radius 3 is 2.49 bits per heavy atom. The average molecular weight is 487 g/mol. The summed E-state index contributed by atoms with van der Waals surface area (Å²) in [6.45, 7) is 0.881. The van der Waals surface area contributed by atoms with Gasteiger partial charge in [-0.3, -0.25) is 9.97 Å². The first-order chi connectivity index (χ1) is 16.7. The van der Waals surface area contributed by atoms with Gasteiger partial charge in [0.25, 0.3) is 0 Å². The van der Waals surface area contributed by atoms with Gasteiger partial charge >= 0.3 is 6.18 Å². The average Bonchev–Trinajstić information content (AvgIpc) is 2.84. The summed E-state index contributed by atoms with van der Waals surface area (Å²) in [5, 5.41) is 1.89. The van der Waals surface area contributed by atoms with Gasteiger partial charge in [-0.15, -0.1) is 0 Å². The van der Waals surface area contributed by atoms with E-state index in [0.29, 0.717) is 45.3 Å². The molecule has 1 atom stereocenters. The number of hydrogen-bond acceptors (Lipinski definition) is 8. The number of alkyl halides is 3. The minimum absolute atomic E-state index is 0.0641. The third-order valence-corrected chi connectivity index (χ3v) is 5.38. The summed E-state index contributed by atoms with van der Waals surface area (Å²) in [5.74, 6) is 0.852. The van der Waals surface area contributed by atoms with Crippen LogP contribution in [0.2, 0.25) is 0 Å². The Labute approximate surface area is 199 Å². The number of methoxy groups -OCH3 is 1. The van der Waals surface area contributed by atoms with Gasteiger partial charge in [0.15, 0.2) is 18.1 Å². The van der Waals surface area contributed by atoms with Crippen molar-refractivity contribution < 1.29 is 27.4 Å². The predicted molar refractivity (Wildman–Crippen MR) is 127 cm³/mol. The Morgan fingerprint density at radius 1 is 0.971 bits per heavy atom. The van der Waals surface area contributed by atoms with E-state index in [4.69, 9.17) is 25.7 Å². The standard InChI is InChI=1S/C24H24F3N5O3/c1-3-14(28)11-34-15-4-13(8-30-9-15)19-5-16-17-6-21(33-2)22(35-12-24(25,26)27)7-20(17)31-10-18(16)23(29)32-19/h4-10,14H,3,11-12,28H2,1-2H3,(H2,29,32)/t14-/m1/s1. The molecule has 4 N–H and O–H groups in total. The Hall–Kier alpha value is -3.86. The molecule has 0 saturated carbocycles. The number of hydrogen-bond donors (Lipinski definition) is 2. The van der Waals surface area contributed by atoms with Crippen LogP contribution in [0, 0.1) is 0 Å². The first-order valence-corrected chi connectivity index (χ1v) is 10.8. The maximum atomic E-state index is 12.7. The number of benzene rings is 1. The molecule has 35 heavy (non-hydrogen) atoms. The SMILES string of the molecule is CC[C@@H](N)COc1cncc(-c2cc3c(cnc4cc(OCC(F)(F)F)c(OC)cc43)c(N)n2)c1. The number of pyridine rings is 3. The zero-order valence-electron chi connectivity index (χ0n) is 19.1. The summed E-state index contributed by atoms with van der Waals surface area (Å²) < 4.78 is 53.9. The van der Waals surface area contributed by atoms with E-state index in [2.05, 4.69) is 15.0 Å². The number of nitrogen functional groups attached to an aromatic ring is 1. The molecule has 3 aromatic heterocycles. The fourth-order valence-electron chi connectivity index (χ4n) is 3.48. The van der Waals surface area contributed by atoms with Gasteiger partial charge in [-0.2, -0.15) is 13.2 Å². The third-order valence-electron chi connectivity index (χ3n) is 5.38. The van der Waals surface area contributed by atoms with E-state index in [-0.39, 0.29) is 23.4 Å². The van der Waals surface area contributed by atoms with Crippen molar-refractivity contribution in [3.05, 3.63) is 42.9 Å². The molecule has 3 heterocycles. The van der Waals surface area contributed by atoms with Crippen LogP contribution in [0.25, 0.3) is 32.9 Å². The highest BCUT2D eigenvalue weighted by molar-refractivity contribution is 6.10. The number of nitrogens with zero attached hydrogens (tertiary/aromatic N) is 3. The Bertz CT molecular complexity index is 1360. The number of aromatic nitrogens is 3. The van der Waals surface area contributed by atoms with Gasteiger partial charge in [0.05, 0.1) is 24.5 Å². The van der Waals surface area contributed by atoms with Gasteiger partial charge in [-0.25, -0.2) is 4.98 Å². The number of nitrogens with two attached hydrogens (primary N) is 2. The summed E-state index contributed by atoms with van der Waals surface area (Å²) in [4.78, 5) is 13.0. The van der Waals surface area contributed by atoms with E-state index in [1.807, 2.05) is 13.0 Å². The number of rotatable bonds is 8. The lowest BCUT2D eigenvalue weighted by Crippen LogP contribution is -2.26. The quantitative estimate of drug-likeness (QED) is 0.349. The zero-order valence-corrected chi connectivity index (χ0v) is 19.1. The molecule has 1 aromatic carbocycles. The molecule has 0 bridgehead atoms. The molecular formula is C24H24F3N5O3. The molecule has 8 nitrogen and oxygen atoms in total. The minimum Gasteiger partial charge on any atom is -0.493 e. The largest absolute Gasteiger partial charge is 0.493 e. The number of halogens is 3. The van der Waals surface area contributed by atoms with Crippen LogP contribution in [-0.2, 0) is 0 Å². The molecule has 0 fully saturated rings. The molecule has 0 aliphatic carbocycles. The van der Waals surface area contributed by atoms with E-state index in [0.717, 1.165) is 6.42 Å². The predicted octanol–water partition coefficient (Wildman–Crippen LogP) is 4.49. The fraction of sp³-hybridized carbons (Fsp3) is 0.292. The lowest BCUT2D eigenvalue weighted by molar-refractivity contribution is -0.153. The van der Waals surface area contributed by atoms with E-state index in [9.17, 15) is 13.2 Å². The van der Waals surface area contributed by atoms with Gasteiger partial charge in [0.1, 0.15) is 18.2 Å². The second kappa shape index (κ2) is 9.79. The highest BCUT2D eigenvalue weighted by Crippen LogP contribution is 2.37. The van der Waals surface area contributed by atoms with Crippen molar-refractivity contribution in [3.8, 4) is 28.5 Å². The lowest BCUT2D eigenvalue weighted by atomic mass is 10.0. The normalized spacial score (nSPS) is 12.6. The van der Waals surface area contributed by atoms with Gasteiger partial charge in [0.2, 0.25) is 0 Å².